The number of esters is 1. The van der Waals surface area contributed by atoms with Gasteiger partial charge in [0.15, 0.2) is 6.04 Å². The average molecular weight is 362 g/mol. The second kappa shape index (κ2) is 8.26. The Balaban J connectivity index is 2.19. The van der Waals surface area contributed by atoms with Gasteiger partial charge in [-0.15, -0.1) is 0 Å². The highest BCUT2D eigenvalue weighted by molar-refractivity contribution is 6.30. The molecule has 0 fully saturated rings. The number of aliphatic imine (C=N–C) groups is 1. The third-order valence-corrected chi connectivity index (χ3v) is 3.55. The van der Waals surface area contributed by atoms with E-state index in [1.807, 2.05) is 32.9 Å². The van der Waals surface area contributed by atoms with Gasteiger partial charge in [0.2, 0.25) is 0 Å². The maximum Gasteiger partial charge on any atom is 0.331 e. The summed E-state index contributed by atoms with van der Waals surface area (Å²) in [4.78, 5) is 16.9. The van der Waals surface area contributed by atoms with Gasteiger partial charge in [-0.3, -0.25) is 4.99 Å². The smallest absolute Gasteiger partial charge is 0.331 e. The van der Waals surface area contributed by atoms with Crippen molar-refractivity contribution in [2.45, 2.75) is 38.8 Å². The van der Waals surface area contributed by atoms with Gasteiger partial charge in [-0.25, -0.2) is 9.18 Å². The first kappa shape index (κ1) is 19.1. The zero-order chi connectivity index (χ0) is 18.4. The highest BCUT2D eigenvalue weighted by Crippen LogP contribution is 2.15. The molecule has 0 N–H and O–H groups in total. The molecule has 0 amide bonds. The lowest BCUT2D eigenvalue weighted by molar-refractivity contribution is -0.156. The van der Waals surface area contributed by atoms with Crippen LogP contribution < -0.4 is 0 Å². The van der Waals surface area contributed by atoms with Gasteiger partial charge in [0.25, 0.3) is 0 Å². The fourth-order valence-corrected chi connectivity index (χ4v) is 2.26. The fraction of sp³-hybridized carbons (Fsp3) is 0.300. The average Bonchev–Trinajstić information content (AvgIpc) is 2.53. The molecule has 2 aromatic carbocycles. The number of ether oxygens (including phenoxy) is 1. The summed E-state index contributed by atoms with van der Waals surface area (Å²) in [5.74, 6) is -0.732. The van der Waals surface area contributed by atoms with Crippen molar-refractivity contribution in [1.82, 2.24) is 0 Å². The van der Waals surface area contributed by atoms with E-state index < -0.39 is 17.6 Å². The minimum absolute atomic E-state index is 0.317. The van der Waals surface area contributed by atoms with Crippen molar-refractivity contribution in [3.05, 3.63) is 70.5 Å². The molecule has 3 nitrogen and oxygen atoms in total. The van der Waals surface area contributed by atoms with Crippen molar-refractivity contribution < 1.29 is 13.9 Å². The Morgan fingerprint density at radius 1 is 1.16 bits per heavy atom. The van der Waals surface area contributed by atoms with Gasteiger partial charge in [-0.1, -0.05) is 35.9 Å². The van der Waals surface area contributed by atoms with Gasteiger partial charge in [0.05, 0.1) is 0 Å². The van der Waals surface area contributed by atoms with E-state index >= 15 is 0 Å². The number of halogens is 2. The Bertz CT molecular complexity index is 734. The van der Waals surface area contributed by atoms with Crippen LogP contribution in [0.15, 0.2) is 53.5 Å². The predicted molar refractivity (Wildman–Crippen MR) is 98.8 cm³/mol. The minimum Gasteiger partial charge on any atom is -0.458 e. The predicted octanol–water partition coefficient (Wildman–Crippen LogP) is 4.85. The second-order valence-electron chi connectivity index (χ2n) is 6.71. The summed E-state index contributed by atoms with van der Waals surface area (Å²) in [6.07, 6.45) is 1.95. The molecule has 0 aliphatic rings. The third-order valence-electron chi connectivity index (χ3n) is 3.29. The molecule has 0 unspecified atom stereocenters. The molecule has 25 heavy (non-hydrogen) atoms. The maximum atomic E-state index is 13.1. The highest BCUT2D eigenvalue weighted by Gasteiger charge is 2.24. The van der Waals surface area contributed by atoms with Crippen molar-refractivity contribution in [3.8, 4) is 0 Å². The molecule has 0 saturated carbocycles. The SMILES string of the molecule is CC(C)(C)OC(=O)[C@@H](Cc1ccc(F)cc1)N=Cc1ccc(Cl)cc1. The van der Waals surface area contributed by atoms with Crippen LogP contribution in [0.5, 0.6) is 0 Å². The number of carbonyl (C=O) groups is 1. The number of hydrogen-bond acceptors (Lipinski definition) is 3. The largest absolute Gasteiger partial charge is 0.458 e. The van der Waals surface area contributed by atoms with E-state index in [9.17, 15) is 9.18 Å². The molecule has 0 aliphatic carbocycles. The molecule has 0 saturated heterocycles. The van der Waals surface area contributed by atoms with Crippen molar-refractivity contribution >= 4 is 23.8 Å². The number of nitrogens with zero attached hydrogens (tertiary/aromatic N) is 1. The van der Waals surface area contributed by atoms with Crippen LogP contribution in [0, 0.1) is 5.82 Å². The van der Waals surface area contributed by atoms with E-state index in [4.69, 9.17) is 16.3 Å². The molecule has 0 aromatic heterocycles. The highest BCUT2D eigenvalue weighted by atomic mass is 35.5. The molecule has 0 spiro atoms. The molecule has 0 aliphatic heterocycles. The molecule has 0 heterocycles. The van der Waals surface area contributed by atoms with E-state index in [-0.39, 0.29) is 5.82 Å². The van der Waals surface area contributed by atoms with E-state index in [1.165, 1.54) is 12.1 Å². The summed E-state index contributed by atoms with van der Waals surface area (Å²) < 4.78 is 18.5. The van der Waals surface area contributed by atoms with Crippen molar-refractivity contribution in [3.63, 3.8) is 0 Å². The zero-order valence-corrected chi connectivity index (χ0v) is 15.3. The normalized spacial score (nSPS) is 13.0. The lowest BCUT2D eigenvalue weighted by Crippen LogP contribution is -2.32. The standard InChI is InChI=1S/C20H21ClFNO2/c1-20(2,3)25-19(24)18(12-14-6-10-17(22)11-7-14)23-13-15-4-8-16(21)9-5-15/h4-11,13,18H,12H2,1-3H3/t18-/m1/s1. The maximum absolute atomic E-state index is 13.1. The Kier molecular flexibility index (Phi) is 6.32. The topological polar surface area (TPSA) is 38.7 Å². The minimum atomic E-state index is -0.708. The quantitative estimate of drug-likeness (QED) is 0.564. The molecular weight excluding hydrogens is 341 g/mol. The Morgan fingerprint density at radius 2 is 1.76 bits per heavy atom. The van der Waals surface area contributed by atoms with Crippen LogP contribution in [-0.2, 0) is 16.0 Å². The van der Waals surface area contributed by atoms with Gasteiger partial charge < -0.3 is 4.74 Å². The first-order chi connectivity index (χ1) is 11.7. The van der Waals surface area contributed by atoms with Crippen LogP contribution in [0.25, 0.3) is 0 Å². The lowest BCUT2D eigenvalue weighted by Gasteiger charge is -2.22. The first-order valence-electron chi connectivity index (χ1n) is 7.99. The van der Waals surface area contributed by atoms with E-state index in [2.05, 4.69) is 4.99 Å². The number of rotatable bonds is 5. The molecule has 132 valence electrons. The first-order valence-corrected chi connectivity index (χ1v) is 8.37. The van der Waals surface area contributed by atoms with E-state index in [1.54, 1.807) is 30.5 Å². The number of carbonyl (C=O) groups excluding carboxylic acids is 1. The van der Waals surface area contributed by atoms with Crippen LogP contribution in [-0.4, -0.2) is 23.8 Å². The third kappa shape index (κ3) is 6.67. The summed E-state index contributed by atoms with van der Waals surface area (Å²) in [6.45, 7) is 5.42. The van der Waals surface area contributed by atoms with Crippen molar-refractivity contribution in [1.29, 1.82) is 0 Å². The molecule has 2 aromatic rings. The van der Waals surface area contributed by atoms with E-state index in [0.29, 0.717) is 11.4 Å². The number of benzene rings is 2. The zero-order valence-electron chi connectivity index (χ0n) is 14.5. The molecule has 5 heteroatoms. The Hall–Kier alpha value is -2.20. The summed E-state index contributed by atoms with van der Waals surface area (Å²) in [5.41, 5.74) is 1.04. The van der Waals surface area contributed by atoms with Crippen molar-refractivity contribution in [2.24, 2.45) is 4.99 Å². The van der Waals surface area contributed by atoms with Crippen LogP contribution in [0.2, 0.25) is 5.02 Å². The van der Waals surface area contributed by atoms with E-state index in [0.717, 1.165) is 11.1 Å². The van der Waals surface area contributed by atoms with Gasteiger partial charge >= 0.3 is 5.97 Å². The summed E-state index contributed by atoms with van der Waals surface area (Å²) >= 11 is 5.87. The molecule has 2 rings (SSSR count). The second-order valence-corrected chi connectivity index (χ2v) is 7.15. The van der Waals surface area contributed by atoms with Crippen LogP contribution in [0.4, 0.5) is 4.39 Å². The molecule has 1 atom stereocenters. The van der Waals surface area contributed by atoms with Gasteiger partial charge in [0, 0.05) is 17.7 Å². The van der Waals surface area contributed by atoms with Crippen LogP contribution in [0.3, 0.4) is 0 Å². The molecular formula is C20H21ClFNO2. The van der Waals surface area contributed by atoms with Crippen LogP contribution >= 0.6 is 11.6 Å². The van der Waals surface area contributed by atoms with Gasteiger partial charge in [0.1, 0.15) is 11.4 Å². The Morgan fingerprint density at radius 3 is 2.32 bits per heavy atom. The number of hydrogen-bond donors (Lipinski definition) is 0. The lowest BCUT2D eigenvalue weighted by atomic mass is 10.1. The Labute approximate surface area is 152 Å². The van der Waals surface area contributed by atoms with Crippen molar-refractivity contribution in [2.75, 3.05) is 0 Å². The van der Waals surface area contributed by atoms with Gasteiger partial charge in [-0.05, 0) is 56.2 Å². The monoisotopic (exact) mass is 361 g/mol. The molecule has 0 bridgehead atoms. The fourth-order valence-electron chi connectivity index (χ4n) is 2.14. The summed E-state index contributed by atoms with van der Waals surface area (Å²) in [6, 6.07) is 12.5. The summed E-state index contributed by atoms with van der Waals surface area (Å²) in [7, 11) is 0. The molecule has 0 radical (unpaired) electrons. The van der Waals surface area contributed by atoms with Gasteiger partial charge in [-0.2, -0.15) is 0 Å². The van der Waals surface area contributed by atoms with Crippen LogP contribution in [0.1, 0.15) is 31.9 Å². The summed E-state index contributed by atoms with van der Waals surface area (Å²) in [5, 5.41) is 0.632.